The number of piperidine rings is 1. The molecular formula is C36H41NO14. The van der Waals surface area contributed by atoms with Crippen molar-refractivity contribution in [2.24, 2.45) is 11.8 Å². The number of esters is 1. The van der Waals surface area contributed by atoms with Crippen molar-refractivity contribution in [2.75, 3.05) is 34.5 Å². The minimum Gasteiger partial charge on any atom is -0.504 e. The van der Waals surface area contributed by atoms with Gasteiger partial charge in [-0.3, -0.25) is 4.79 Å². The number of methoxy groups -OCH3 is 3. The van der Waals surface area contributed by atoms with E-state index in [0.29, 0.717) is 36.3 Å². The normalized spacial score (nSPS) is 29.9. The summed E-state index contributed by atoms with van der Waals surface area (Å²) in [7, 11) is 4.17. The third-order valence-electron chi connectivity index (χ3n) is 9.82. The molecule has 0 aliphatic carbocycles. The van der Waals surface area contributed by atoms with Crippen molar-refractivity contribution in [3.63, 3.8) is 0 Å². The van der Waals surface area contributed by atoms with E-state index in [-0.39, 0.29) is 34.9 Å². The lowest BCUT2D eigenvalue weighted by Gasteiger charge is -2.49. The SMILES string of the molecule is C=C[C@H]1[C@H](O[C@@H]2O[C@H](CO)[C@@H](O)[C@H](O)[C@H]2OC(=O)C=Cc2cc(OC)c(O)c(OC)c2)OC=C2C(=O)N3CCc4cc(O)c(OC)cc4[C@H]3C[C@H]21. The molecule has 274 valence electrons. The van der Waals surface area contributed by atoms with Crippen LogP contribution < -0.4 is 14.2 Å². The van der Waals surface area contributed by atoms with Crippen LogP contribution in [0.5, 0.6) is 28.7 Å². The van der Waals surface area contributed by atoms with Gasteiger partial charge in [0.15, 0.2) is 29.1 Å². The van der Waals surface area contributed by atoms with E-state index >= 15 is 0 Å². The molecule has 4 aliphatic rings. The second-order valence-corrected chi connectivity index (χ2v) is 12.6. The fraction of sp³-hybridized carbons (Fsp3) is 0.444. The average Bonchev–Trinajstić information content (AvgIpc) is 3.13. The van der Waals surface area contributed by atoms with Gasteiger partial charge in [-0.15, -0.1) is 6.58 Å². The smallest absolute Gasteiger partial charge is 0.331 e. The summed E-state index contributed by atoms with van der Waals surface area (Å²) >= 11 is 0. The highest BCUT2D eigenvalue weighted by Crippen LogP contribution is 2.49. The summed E-state index contributed by atoms with van der Waals surface area (Å²) in [4.78, 5) is 28.6. The van der Waals surface area contributed by atoms with Crippen molar-refractivity contribution in [1.29, 1.82) is 0 Å². The van der Waals surface area contributed by atoms with Crippen molar-refractivity contribution >= 4 is 18.0 Å². The van der Waals surface area contributed by atoms with Gasteiger partial charge in [0.25, 0.3) is 5.91 Å². The van der Waals surface area contributed by atoms with Gasteiger partial charge >= 0.3 is 5.97 Å². The fourth-order valence-corrected chi connectivity index (χ4v) is 7.16. The monoisotopic (exact) mass is 711 g/mol. The van der Waals surface area contributed by atoms with Gasteiger partial charge in [0, 0.05) is 24.5 Å². The summed E-state index contributed by atoms with van der Waals surface area (Å²) in [5.41, 5.74) is 2.60. The highest BCUT2D eigenvalue weighted by atomic mass is 16.8. The standard InChI is InChI=1S/C36H41NO14/c1-5-19-21-13-23-20-14-25(45-2)24(39)12-18(20)8-9-37(23)34(44)22(21)16-48-35(19)51-36-33(32(43)31(42)28(15-38)49-36)50-29(40)7-6-17-10-26(46-3)30(41)27(11-17)47-4/h5-7,10-12,14,16,19,21,23,28,31-33,35-36,38-39,41-43H,1,8-9,13,15H2,2-4H3/t19-,21+,23-,28-,31-,32+,33-,35+,36+/m1/s1. The number of hydrogen-bond acceptors (Lipinski definition) is 14. The Labute approximate surface area is 293 Å². The van der Waals surface area contributed by atoms with Crippen LogP contribution in [0.2, 0.25) is 0 Å². The van der Waals surface area contributed by atoms with Crippen molar-refractivity contribution < 1.29 is 68.3 Å². The van der Waals surface area contributed by atoms with Crippen LogP contribution in [0, 0.1) is 11.8 Å². The summed E-state index contributed by atoms with van der Waals surface area (Å²) < 4.78 is 39.1. The van der Waals surface area contributed by atoms with Crippen molar-refractivity contribution in [1.82, 2.24) is 4.90 Å². The second-order valence-electron chi connectivity index (χ2n) is 12.6. The number of aliphatic hydroxyl groups excluding tert-OH is 3. The maximum atomic E-state index is 13.8. The lowest BCUT2D eigenvalue weighted by atomic mass is 9.73. The Morgan fingerprint density at radius 2 is 1.73 bits per heavy atom. The maximum absolute atomic E-state index is 13.8. The Balaban J connectivity index is 1.23. The van der Waals surface area contributed by atoms with Crippen LogP contribution in [-0.2, 0) is 35.0 Å². The van der Waals surface area contributed by atoms with E-state index in [9.17, 15) is 35.1 Å². The summed E-state index contributed by atoms with van der Waals surface area (Å²) in [6, 6.07) is 5.99. The van der Waals surface area contributed by atoms with Crippen LogP contribution in [0.1, 0.15) is 29.2 Å². The highest BCUT2D eigenvalue weighted by molar-refractivity contribution is 5.95. The average molecular weight is 712 g/mol. The van der Waals surface area contributed by atoms with E-state index in [1.54, 1.807) is 23.1 Å². The second kappa shape index (κ2) is 14.8. The molecule has 51 heavy (non-hydrogen) atoms. The molecular weight excluding hydrogens is 670 g/mol. The number of benzene rings is 2. The van der Waals surface area contributed by atoms with Crippen molar-refractivity contribution in [2.45, 2.75) is 55.9 Å². The van der Waals surface area contributed by atoms with Crippen molar-refractivity contribution in [3.8, 4) is 28.7 Å². The molecule has 2 aromatic rings. The van der Waals surface area contributed by atoms with Gasteiger partial charge in [0.05, 0.1) is 45.8 Å². The molecule has 15 heteroatoms. The first-order valence-corrected chi connectivity index (χ1v) is 16.3. The Morgan fingerprint density at radius 3 is 2.37 bits per heavy atom. The number of amides is 1. The summed E-state index contributed by atoms with van der Waals surface area (Å²) in [5, 5.41) is 52.1. The Bertz CT molecular complexity index is 1700. The molecule has 2 saturated heterocycles. The summed E-state index contributed by atoms with van der Waals surface area (Å²) in [5.74, 6) is -1.93. The Hall–Kier alpha value is -4.80. The number of ether oxygens (including phenoxy) is 7. The quantitative estimate of drug-likeness (QED) is 0.135. The number of aromatic hydroxyl groups is 2. The van der Waals surface area contributed by atoms with Crippen LogP contribution in [0.3, 0.4) is 0 Å². The third-order valence-corrected chi connectivity index (χ3v) is 9.82. The molecule has 4 aliphatic heterocycles. The number of phenols is 2. The van der Waals surface area contributed by atoms with E-state index in [1.807, 2.05) is 0 Å². The van der Waals surface area contributed by atoms with Gasteiger partial charge in [-0.2, -0.15) is 0 Å². The molecule has 5 N–H and O–H groups in total. The van der Waals surface area contributed by atoms with Crippen LogP contribution in [0.25, 0.3) is 6.08 Å². The highest BCUT2D eigenvalue weighted by Gasteiger charge is 2.52. The van der Waals surface area contributed by atoms with Crippen LogP contribution >= 0.6 is 0 Å². The van der Waals surface area contributed by atoms with Gasteiger partial charge in [0.2, 0.25) is 18.3 Å². The zero-order valence-corrected chi connectivity index (χ0v) is 28.2. The summed E-state index contributed by atoms with van der Waals surface area (Å²) in [6.07, 6.45) is -2.58. The maximum Gasteiger partial charge on any atom is 0.331 e. The number of hydrogen-bond donors (Lipinski definition) is 5. The summed E-state index contributed by atoms with van der Waals surface area (Å²) in [6.45, 7) is 3.74. The number of nitrogens with zero attached hydrogens (tertiary/aromatic N) is 1. The predicted octanol–water partition coefficient (Wildman–Crippen LogP) is 1.69. The van der Waals surface area contributed by atoms with Crippen LogP contribution in [0.15, 0.2) is 54.8 Å². The van der Waals surface area contributed by atoms with E-state index in [0.717, 1.165) is 17.2 Å². The molecule has 4 heterocycles. The van der Waals surface area contributed by atoms with E-state index in [4.69, 9.17) is 33.2 Å². The first-order valence-electron chi connectivity index (χ1n) is 16.3. The molecule has 2 fully saturated rings. The number of carbonyl (C=O) groups is 2. The number of phenolic OH excluding ortho intramolecular Hbond substituents is 2. The number of rotatable bonds is 10. The Kier molecular flexibility index (Phi) is 10.5. The largest absolute Gasteiger partial charge is 0.504 e. The molecule has 0 radical (unpaired) electrons. The molecule has 2 aromatic carbocycles. The minimum atomic E-state index is -1.74. The molecule has 6 rings (SSSR count). The van der Waals surface area contributed by atoms with Gasteiger partial charge in [-0.1, -0.05) is 6.08 Å². The first kappa shape index (κ1) is 36.0. The van der Waals surface area contributed by atoms with Gasteiger partial charge in [-0.05, 0) is 59.9 Å². The Morgan fingerprint density at radius 1 is 1.02 bits per heavy atom. The first-order chi connectivity index (χ1) is 24.5. The fourth-order valence-electron chi connectivity index (χ4n) is 7.16. The number of fused-ring (bicyclic) bond motifs is 4. The van der Waals surface area contributed by atoms with Crippen LogP contribution in [0.4, 0.5) is 0 Å². The van der Waals surface area contributed by atoms with Crippen molar-refractivity contribution in [3.05, 3.63) is 71.5 Å². The lowest BCUT2D eigenvalue weighted by molar-refractivity contribution is -0.340. The van der Waals surface area contributed by atoms with Gasteiger partial charge in [0.1, 0.15) is 18.3 Å². The molecule has 0 saturated carbocycles. The van der Waals surface area contributed by atoms with E-state index in [1.165, 1.54) is 45.8 Å². The molecule has 1 amide bonds. The molecule has 15 nitrogen and oxygen atoms in total. The zero-order chi connectivity index (χ0) is 36.6. The van der Waals surface area contributed by atoms with Crippen LogP contribution in [-0.4, -0.2) is 114 Å². The van der Waals surface area contributed by atoms with Gasteiger partial charge in [-0.25, -0.2) is 4.79 Å². The van der Waals surface area contributed by atoms with Gasteiger partial charge < -0.3 is 63.6 Å². The molecule has 0 bridgehead atoms. The number of carbonyl (C=O) groups excluding carboxylic acids is 2. The zero-order valence-electron chi connectivity index (χ0n) is 28.2. The number of aliphatic hydroxyl groups is 3. The van der Waals surface area contributed by atoms with E-state index in [2.05, 4.69) is 6.58 Å². The topological polar surface area (TPSA) is 203 Å². The predicted molar refractivity (Wildman–Crippen MR) is 177 cm³/mol. The molecule has 9 atom stereocenters. The lowest BCUT2D eigenvalue weighted by Crippen LogP contribution is -2.61. The third kappa shape index (κ3) is 6.70. The van der Waals surface area contributed by atoms with E-state index < -0.39 is 61.4 Å². The molecule has 0 unspecified atom stereocenters. The minimum absolute atomic E-state index is 0.0171. The molecule has 0 aromatic heterocycles. The molecule has 0 spiro atoms.